The smallest absolute Gasteiger partial charge is 0.274 e. The number of carbonyl (C=O) groups excluding carboxylic acids is 1. The molecule has 1 amide bonds. The van der Waals surface area contributed by atoms with E-state index in [4.69, 9.17) is 0 Å². The first kappa shape index (κ1) is 16.2. The fourth-order valence-electron chi connectivity index (χ4n) is 2.27. The zero-order chi connectivity index (χ0) is 16.5. The van der Waals surface area contributed by atoms with Crippen LogP contribution in [0.4, 0.5) is 0 Å². The van der Waals surface area contributed by atoms with Gasteiger partial charge >= 0.3 is 0 Å². The lowest BCUT2D eigenvalue weighted by Gasteiger charge is -2.21. The molecular weight excluding hydrogens is 278 g/mol. The molecule has 0 atom stereocenters. The van der Waals surface area contributed by atoms with Gasteiger partial charge in [-0.1, -0.05) is 32.0 Å². The third kappa shape index (κ3) is 3.53. The summed E-state index contributed by atoms with van der Waals surface area (Å²) in [7, 11) is 0. The van der Waals surface area contributed by atoms with Crippen molar-refractivity contribution in [1.82, 2.24) is 15.1 Å². The molecule has 5 nitrogen and oxygen atoms in total. The van der Waals surface area contributed by atoms with Gasteiger partial charge in [0.1, 0.15) is 0 Å². The molecule has 0 aliphatic carbocycles. The van der Waals surface area contributed by atoms with Gasteiger partial charge in [-0.3, -0.25) is 9.59 Å². The molecule has 0 saturated heterocycles. The second-order valence-electron chi connectivity index (χ2n) is 6.98. The average Bonchev–Trinajstić information content (AvgIpc) is 2.39. The second kappa shape index (κ2) is 5.91. The summed E-state index contributed by atoms with van der Waals surface area (Å²) in [6.45, 7) is 10.3. The number of hydrogen-bond donors (Lipinski definition) is 1. The number of fused-ring (bicyclic) bond motifs is 1. The summed E-state index contributed by atoms with van der Waals surface area (Å²) in [5.41, 5.74) is -0.221. The molecule has 5 heteroatoms. The summed E-state index contributed by atoms with van der Waals surface area (Å²) >= 11 is 0. The Kier molecular flexibility index (Phi) is 4.35. The Hall–Kier alpha value is -2.17. The Bertz CT molecular complexity index is 755. The van der Waals surface area contributed by atoms with Gasteiger partial charge in [0.25, 0.3) is 11.5 Å². The van der Waals surface area contributed by atoms with Crippen LogP contribution in [0, 0.1) is 5.92 Å². The van der Waals surface area contributed by atoms with Crippen molar-refractivity contribution in [3.8, 4) is 0 Å². The van der Waals surface area contributed by atoms with Crippen molar-refractivity contribution < 1.29 is 4.79 Å². The van der Waals surface area contributed by atoms with Crippen molar-refractivity contribution in [1.29, 1.82) is 0 Å². The first-order chi connectivity index (χ1) is 10.2. The Morgan fingerprint density at radius 1 is 1.23 bits per heavy atom. The molecule has 0 saturated carbocycles. The zero-order valence-corrected chi connectivity index (χ0v) is 13.8. The molecule has 22 heavy (non-hydrogen) atoms. The predicted molar refractivity (Wildman–Crippen MR) is 88.1 cm³/mol. The highest BCUT2D eigenvalue weighted by atomic mass is 16.2. The predicted octanol–water partition coefficient (Wildman–Crippen LogP) is 2.58. The zero-order valence-electron chi connectivity index (χ0n) is 13.8. The van der Waals surface area contributed by atoms with Gasteiger partial charge in [-0.2, -0.15) is 5.10 Å². The van der Waals surface area contributed by atoms with E-state index < -0.39 is 0 Å². The van der Waals surface area contributed by atoms with E-state index in [1.807, 2.05) is 40.7 Å². The van der Waals surface area contributed by atoms with E-state index in [2.05, 4.69) is 10.4 Å². The van der Waals surface area contributed by atoms with Crippen LogP contribution in [0.3, 0.4) is 0 Å². The lowest BCUT2D eigenvalue weighted by Crippen LogP contribution is -2.42. The topological polar surface area (TPSA) is 64.0 Å². The van der Waals surface area contributed by atoms with Crippen LogP contribution in [-0.4, -0.2) is 21.2 Å². The van der Waals surface area contributed by atoms with Crippen LogP contribution in [0.1, 0.15) is 45.1 Å². The number of aromatic nitrogens is 2. The fourth-order valence-corrected chi connectivity index (χ4v) is 2.27. The summed E-state index contributed by atoms with van der Waals surface area (Å²) in [4.78, 5) is 25.0. The van der Waals surface area contributed by atoms with E-state index in [1.165, 1.54) is 4.68 Å². The van der Waals surface area contributed by atoms with Crippen molar-refractivity contribution in [2.45, 2.75) is 46.7 Å². The van der Waals surface area contributed by atoms with Gasteiger partial charge < -0.3 is 5.32 Å². The number of amides is 1. The highest BCUT2D eigenvalue weighted by molar-refractivity contribution is 6.05. The van der Waals surface area contributed by atoms with Crippen LogP contribution in [0.15, 0.2) is 29.1 Å². The van der Waals surface area contributed by atoms with Gasteiger partial charge in [0, 0.05) is 17.5 Å². The Morgan fingerprint density at radius 3 is 2.36 bits per heavy atom. The van der Waals surface area contributed by atoms with Gasteiger partial charge in [-0.15, -0.1) is 0 Å². The minimum Gasteiger partial charge on any atom is -0.346 e. The monoisotopic (exact) mass is 301 g/mol. The molecule has 1 N–H and O–H groups in total. The Morgan fingerprint density at radius 2 is 1.82 bits per heavy atom. The summed E-state index contributed by atoms with van der Waals surface area (Å²) in [6.07, 6.45) is 0. The maximum atomic E-state index is 12.5. The molecule has 0 spiro atoms. The van der Waals surface area contributed by atoms with Gasteiger partial charge in [0.2, 0.25) is 0 Å². The molecule has 0 unspecified atom stereocenters. The molecule has 2 rings (SSSR count). The maximum absolute atomic E-state index is 12.5. The third-order valence-corrected chi connectivity index (χ3v) is 3.11. The minimum absolute atomic E-state index is 0.156. The summed E-state index contributed by atoms with van der Waals surface area (Å²) in [5, 5.41) is 8.34. The highest BCUT2D eigenvalue weighted by Crippen LogP contribution is 2.14. The minimum atomic E-state index is -0.362. The summed E-state index contributed by atoms with van der Waals surface area (Å²) in [6, 6.07) is 7.12. The van der Waals surface area contributed by atoms with Crippen LogP contribution in [0.25, 0.3) is 10.8 Å². The van der Waals surface area contributed by atoms with Crippen LogP contribution in [0.5, 0.6) is 0 Å². The number of nitrogens with zero attached hydrogens (tertiary/aromatic N) is 2. The van der Waals surface area contributed by atoms with Crippen LogP contribution < -0.4 is 10.9 Å². The van der Waals surface area contributed by atoms with Gasteiger partial charge in [0.05, 0.1) is 5.39 Å². The lowest BCUT2D eigenvalue weighted by molar-refractivity contribution is 0.0913. The molecule has 2 aromatic rings. The molecular formula is C17H23N3O2. The molecule has 0 aliphatic rings. The molecule has 118 valence electrons. The van der Waals surface area contributed by atoms with Crippen LogP contribution in [0.2, 0.25) is 0 Å². The standard InChI is InChI=1S/C17H23N3O2/c1-11(2)10-20-16(22)13-9-7-6-8-12(13)14(19-20)15(21)18-17(3,4)5/h6-9,11H,10H2,1-5H3,(H,18,21). The molecule has 1 aromatic heterocycles. The van der Waals surface area contributed by atoms with E-state index in [1.54, 1.807) is 18.2 Å². The van der Waals surface area contributed by atoms with E-state index in [9.17, 15) is 9.59 Å². The van der Waals surface area contributed by atoms with Gasteiger partial charge in [-0.05, 0) is 32.8 Å². The van der Waals surface area contributed by atoms with Crippen molar-refractivity contribution in [3.05, 3.63) is 40.3 Å². The van der Waals surface area contributed by atoms with Crippen molar-refractivity contribution in [3.63, 3.8) is 0 Å². The lowest BCUT2D eigenvalue weighted by atomic mass is 10.1. The SMILES string of the molecule is CC(C)Cn1nc(C(=O)NC(C)(C)C)c2ccccc2c1=O. The molecule has 0 fully saturated rings. The number of carbonyl (C=O) groups is 1. The molecule has 0 bridgehead atoms. The molecule has 1 aromatic carbocycles. The van der Waals surface area contributed by atoms with Crippen molar-refractivity contribution >= 4 is 16.7 Å². The maximum Gasteiger partial charge on any atom is 0.274 e. The van der Waals surface area contributed by atoms with Gasteiger partial charge in [-0.25, -0.2) is 4.68 Å². The largest absolute Gasteiger partial charge is 0.346 e. The van der Waals surface area contributed by atoms with Crippen molar-refractivity contribution in [2.24, 2.45) is 5.92 Å². The Labute approximate surface area is 130 Å². The first-order valence-electron chi connectivity index (χ1n) is 7.51. The number of benzene rings is 1. The van der Waals surface area contributed by atoms with Crippen LogP contribution in [-0.2, 0) is 6.54 Å². The summed E-state index contributed by atoms with van der Waals surface area (Å²) < 4.78 is 1.39. The molecule has 0 aliphatic heterocycles. The molecule has 1 heterocycles. The highest BCUT2D eigenvalue weighted by Gasteiger charge is 2.21. The summed E-state index contributed by atoms with van der Waals surface area (Å²) in [5.74, 6) is 0.00564. The average molecular weight is 301 g/mol. The normalized spacial score (nSPS) is 11.9. The first-order valence-corrected chi connectivity index (χ1v) is 7.51. The van der Waals surface area contributed by atoms with E-state index in [0.29, 0.717) is 23.0 Å². The molecule has 0 radical (unpaired) electrons. The third-order valence-electron chi connectivity index (χ3n) is 3.11. The number of nitrogens with one attached hydrogen (secondary N) is 1. The second-order valence-corrected chi connectivity index (χ2v) is 6.98. The fraction of sp³-hybridized carbons (Fsp3) is 0.471. The van der Waals surface area contributed by atoms with Crippen LogP contribution >= 0.6 is 0 Å². The number of rotatable bonds is 3. The van der Waals surface area contributed by atoms with E-state index >= 15 is 0 Å². The Balaban J connectivity index is 2.64. The van der Waals surface area contributed by atoms with Gasteiger partial charge in [0.15, 0.2) is 5.69 Å². The van der Waals surface area contributed by atoms with Crippen molar-refractivity contribution in [2.75, 3.05) is 0 Å². The number of hydrogen-bond acceptors (Lipinski definition) is 3. The van der Waals surface area contributed by atoms with E-state index in [0.717, 1.165) is 0 Å². The van der Waals surface area contributed by atoms with E-state index in [-0.39, 0.29) is 22.9 Å². The quantitative estimate of drug-likeness (QED) is 0.947.